The molecule has 3 aromatic rings. The zero-order valence-corrected chi connectivity index (χ0v) is 18.5. The Balaban J connectivity index is 1.91. The Morgan fingerprint density at radius 1 is 0.967 bits per heavy atom. The van der Waals surface area contributed by atoms with Crippen LogP contribution in [-0.2, 0) is 21.4 Å². The Hall–Kier alpha value is -2.38. The second-order valence-electron chi connectivity index (χ2n) is 6.75. The van der Waals surface area contributed by atoms with Crippen LogP contribution in [0.15, 0.2) is 77.7 Å². The van der Waals surface area contributed by atoms with E-state index >= 15 is 0 Å². The minimum atomic E-state index is -4.09. The minimum Gasteiger partial charge on any atom is -0.325 e. The molecule has 0 unspecified atom stereocenters. The molecule has 3 rings (SSSR count). The van der Waals surface area contributed by atoms with Crippen LogP contribution in [0.4, 0.5) is 5.69 Å². The SMILES string of the molecule is Cc1cccc(NC(=O)CN(Cc2ccccc2)S(=O)(=O)c2cc(Cl)ccc2Cl)c1. The normalized spacial score (nSPS) is 11.5. The molecule has 0 heterocycles. The zero-order chi connectivity index (χ0) is 21.7. The number of anilines is 1. The van der Waals surface area contributed by atoms with Gasteiger partial charge in [-0.3, -0.25) is 4.79 Å². The molecule has 0 atom stereocenters. The lowest BCUT2D eigenvalue weighted by Gasteiger charge is -2.22. The largest absolute Gasteiger partial charge is 0.325 e. The topological polar surface area (TPSA) is 66.5 Å². The summed E-state index contributed by atoms with van der Waals surface area (Å²) in [5, 5.41) is 3.02. The van der Waals surface area contributed by atoms with Crippen molar-refractivity contribution in [3.8, 4) is 0 Å². The first-order chi connectivity index (χ1) is 14.3. The van der Waals surface area contributed by atoms with Gasteiger partial charge in [0.2, 0.25) is 15.9 Å². The standard InChI is InChI=1S/C22H20Cl2N2O3S/c1-16-6-5-9-19(12-16)25-22(27)15-26(14-17-7-3-2-4-8-17)30(28,29)21-13-18(23)10-11-20(21)24/h2-13H,14-15H2,1H3,(H,25,27). The first kappa shape index (κ1) is 22.3. The van der Waals surface area contributed by atoms with Gasteiger partial charge in [0, 0.05) is 17.3 Å². The van der Waals surface area contributed by atoms with Crippen molar-refractivity contribution in [1.29, 1.82) is 0 Å². The summed E-state index contributed by atoms with van der Waals surface area (Å²) in [5.74, 6) is -0.460. The van der Waals surface area contributed by atoms with Crippen LogP contribution in [0.25, 0.3) is 0 Å². The van der Waals surface area contributed by atoms with Crippen molar-refractivity contribution < 1.29 is 13.2 Å². The van der Waals surface area contributed by atoms with Gasteiger partial charge in [-0.25, -0.2) is 8.42 Å². The number of halogens is 2. The Bertz CT molecular complexity index is 1150. The summed E-state index contributed by atoms with van der Waals surface area (Å²) in [6, 6.07) is 20.5. The van der Waals surface area contributed by atoms with E-state index < -0.39 is 15.9 Å². The molecule has 1 amide bonds. The van der Waals surface area contributed by atoms with Gasteiger partial charge in [0.15, 0.2) is 0 Å². The summed E-state index contributed by atoms with van der Waals surface area (Å²) in [6.45, 7) is 1.53. The van der Waals surface area contributed by atoms with E-state index in [1.165, 1.54) is 18.2 Å². The summed E-state index contributed by atoms with van der Waals surface area (Å²) < 4.78 is 27.8. The summed E-state index contributed by atoms with van der Waals surface area (Å²) >= 11 is 12.1. The van der Waals surface area contributed by atoms with Crippen LogP contribution in [0.2, 0.25) is 10.0 Å². The van der Waals surface area contributed by atoms with E-state index in [4.69, 9.17) is 23.2 Å². The average molecular weight is 463 g/mol. The van der Waals surface area contributed by atoms with E-state index in [9.17, 15) is 13.2 Å². The van der Waals surface area contributed by atoms with Crippen LogP contribution >= 0.6 is 23.2 Å². The van der Waals surface area contributed by atoms with Gasteiger partial charge in [0.05, 0.1) is 11.6 Å². The van der Waals surface area contributed by atoms with E-state index in [-0.39, 0.29) is 28.0 Å². The average Bonchev–Trinajstić information content (AvgIpc) is 2.70. The van der Waals surface area contributed by atoms with Gasteiger partial charge in [-0.2, -0.15) is 4.31 Å². The van der Waals surface area contributed by atoms with Crippen molar-refractivity contribution >= 4 is 44.8 Å². The molecule has 0 spiro atoms. The van der Waals surface area contributed by atoms with Gasteiger partial charge in [-0.05, 0) is 48.4 Å². The molecule has 8 heteroatoms. The predicted octanol–water partition coefficient (Wildman–Crippen LogP) is 5.13. The maximum atomic E-state index is 13.4. The first-order valence-corrected chi connectivity index (χ1v) is 11.3. The number of amides is 1. The number of carbonyl (C=O) groups is 1. The summed E-state index contributed by atoms with van der Waals surface area (Å²) in [5.41, 5.74) is 2.31. The Morgan fingerprint density at radius 2 is 1.70 bits per heavy atom. The molecular weight excluding hydrogens is 443 g/mol. The lowest BCUT2D eigenvalue weighted by Crippen LogP contribution is -2.37. The molecular formula is C22H20Cl2N2O3S. The molecule has 0 saturated heterocycles. The third kappa shape index (κ3) is 5.61. The molecule has 0 aliphatic carbocycles. The van der Waals surface area contributed by atoms with E-state index in [0.29, 0.717) is 5.69 Å². The highest BCUT2D eigenvalue weighted by Crippen LogP contribution is 2.28. The van der Waals surface area contributed by atoms with Gasteiger partial charge < -0.3 is 5.32 Å². The molecule has 0 saturated carbocycles. The van der Waals surface area contributed by atoms with Crippen LogP contribution in [-0.4, -0.2) is 25.2 Å². The van der Waals surface area contributed by atoms with Gasteiger partial charge in [0.1, 0.15) is 4.90 Å². The lowest BCUT2D eigenvalue weighted by atomic mass is 10.2. The summed E-state index contributed by atoms with van der Waals surface area (Å²) in [4.78, 5) is 12.5. The molecule has 0 fully saturated rings. The highest BCUT2D eigenvalue weighted by atomic mass is 35.5. The quantitative estimate of drug-likeness (QED) is 0.528. The number of rotatable bonds is 7. The summed E-state index contributed by atoms with van der Waals surface area (Å²) in [6.07, 6.45) is 0. The Morgan fingerprint density at radius 3 is 2.40 bits per heavy atom. The van der Waals surface area contributed by atoms with Crippen molar-refractivity contribution in [3.05, 3.63) is 94.0 Å². The zero-order valence-electron chi connectivity index (χ0n) is 16.2. The number of sulfonamides is 1. The monoisotopic (exact) mass is 462 g/mol. The summed E-state index contributed by atoms with van der Waals surface area (Å²) in [7, 11) is -4.09. The fourth-order valence-electron chi connectivity index (χ4n) is 2.91. The third-order valence-electron chi connectivity index (χ3n) is 4.33. The van der Waals surface area contributed by atoms with Crippen molar-refractivity contribution in [2.45, 2.75) is 18.4 Å². The van der Waals surface area contributed by atoms with Crippen molar-refractivity contribution in [1.82, 2.24) is 4.31 Å². The molecule has 1 N–H and O–H groups in total. The van der Waals surface area contributed by atoms with E-state index in [0.717, 1.165) is 15.4 Å². The smallest absolute Gasteiger partial charge is 0.245 e. The van der Waals surface area contributed by atoms with Crippen molar-refractivity contribution in [2.24, 2.45) is 0 Å². The number of nitrogens with one attached hydrogen (secondary N) is 1. The van der Waals surface area contributed by atoms with E-state index in [2.05, 4.69) is 5.32 Å². The fourth-order valence-corrected chi connectivity index (χ4v) is 5.03. The molecule has 0 aliphatic rings. The lowest BCUT2D eigenvalue weighted by molar-refractivity contribution is -0.116. The Labute approximate surface area is 186 Å². The molecule has 30 heavy (non-hydrogen) atoms. The second-order valence-corrected chi connectivity index (χ2v) is 9.50. The molecule has 0 aromatic heterocycles. The van der Waals surface area contributed by atoms with E-state index in [1.807, 2.05) is 31.2 Å². The third-order valence-corrected chi connectivity index (χ3v) is 6.84. The first-order valence-electron chi connectivity index (χ1n) is 9.11. The Kier molecular flexibility index (Phi) is 7.15. The molecule has 0 bridgehead atoms. The number of hydrogen-bond acceptors (Lipinski definition) is 3. The number of nitrogens with zero attached hydrogens (tertiary/aromatic N) is 1. The molecule has 5 nitrogen and oxygen atoms in total. The minimum absolute atomic E-state index is 0.00720. The van der Waals surface area contributed by atoms with Crippen molar-refractivity contribution in [2.75, 3.05) is 11.9 Å². The van der Waals surface area contributed by atoms with Gasteiger partial charge in [-0.15, -0.1) is 0 Å². The van der Waals surface area contributed by atoms with Gasteiger partial charge >= 0.3 is 0 Å². The predicted molar refractivity (Wildman–Crippen MR) is 120 cm³/mol. The highest BCUT2D eigenvalue weighted by Gasteiger charge is 2.29. The molecule has 0 radical (unpaired) electrons. The number of benzene rings is 3. The van der Waals surface area contributed by atoms with Crippen molar-refractivity contribution in [3.63, 3.8) is 0 Å². The number of hydrogen-bond donors (Lipinski definition) is 1. The van der Waals surface area contributed by atoms with Crippen LogP contribution in [0.5, 0.6) is 0 Å². The van der Waals surface area contributed by atoms with Crippen LogP contribution in [0, 0.1) is 6.92 Å². The van der Waals surface area contributed by atoms with E-state index in [1.54, 1.807) is 30.3 Å². The fraction of sp³-hybridized carbons (Fsp3) is 0.136. The molecule has 3 aromatic carbocycles. The maximum absolute atomic E-state index is 13.4. The van der Waals surface area contributed by atoms with Gasteiger partial charge in [-0.1, -0.05) is 65.7 Å². The molecule has 156 valence electrons. The van der Waals surface area contributed by atoms with Crippen LogP contribution in [0.1, 0.15) is 11.1 Å². The number of aryl methyl sites for hydroxylation is 1. The number of carbonyl (C=O) groups excluding carboxylic acids is 1. The maximum Gasteiger partial charge on any atom is 0.245 e. The van der Waals surface area contributed by atoms with Crippen LogP contribution in [0.3, 0.4) is 0 Å². The second kappa shape index (κ2) is 9.62. The highest BCUT2D eigenvalue weighted by molar-refractivity contribution is 7.89. The van der Waals surface area contributed by atoms with Gasteiger partial charge in [0.25, 0.3) is 0 Å². The molecule has 0 aliphatic heterocycles. The van der Waals surface area contributed by atoms with Crippen LogP contribution < -0.4 is 5.32 Å².